The van der Waals surface area contributed by atoms with Gasteiger partial charge in [-0.3, -0.25) is 0 Å². The van der Waals surface area contributed by atoms with Crippen molar-refractivity contribution >= 4 is 23.3 Å². The number of methoxy groups -OCH3 is 2. The van der Waals surface area contributed by atoms with Crippen molar-refractivity contribution in [1.82, 2.24) is 4.90 Å². The van der Waals surface area contributed by atoms with Gasteiger partial charge >= 0.3 is 6.03 Å². The molecular weight excluding hydrogens is 294 g/mol. The highest BCUT2D eigenvalue weighted by Gasteiger charge is 2.22. The largest absolute Gasteiger partial charge is 0.493 e. The summed E-state index contributed by atoms with van der Waals surface area (Å²) >= 11 is 6.25. The predicted octanol–water partition coefficient (Wildman–Crippen LogP) is 2.31. The smallest absolute Gasteiger partial charge is 0.314 e. The van der Waals surface area contributed by atoms with Gasteiger partial charge in [-0.25, -0.2) is 4.79 Å². The number of nitrogens with one attached hydrogen (secondary N) is 1. The Kier molecular flexibility index (Phi) is 5.01. The zero-order chi connectivity index (χ0) is 15.4. The van der Waals surface area contributed by atoms with E-state index in [0.29, 0.717) is 29.6 Å². The van der Waals surface area contributed by atoms with Crippen molar-refractivity contribution in [2.45, 2.75) is 18.9 Å². The molecule has 0 aromatic heterocycles. The van der Waals surface area contributed by atoms with E-state index in [1.165, 1.54) is 0 Å². The second kappa shape index (κ2) is 6.76. The number of rotatable bonds is 4. The first kappa shape index (κ1) is 15.6. The van der Waals surface area contributed by atoms with E-state index in [1.54, 1.807) is 25.2 Å². The molecule has 1 saturated heterocycles. The third-order valence-corrected chi connectivity index (χ3v) is 3.95. The molecule has 0 spiro atoms. The number of primary amides is 1. The Labute approximate surface area is 129 Å². The standard InChI is InChI=1S/C14H20ClN3O3/c1-20-12-7-10(15)11(8-13(12)21-2)17-9-3-5-18(6-4-9)14(16)19/h7-9,17H,3-6H2,1-2H3,(H2,16,19). The number of nitrogens with zero attached hydrogens (tertiary/aromatic N) is 1. The fourth-order valence-corrected chi connectivity index (χ4v) is 2.64. The number of amides is 2. The summed E-state index contributed by atoms with van der Waals surface area (Å²) in [6.45, 7) is 1.30. The minimum absolute atomic E-state index is 0.246. The molecule has 2 amide bonds. The van der Waals surface area contributed by atoms with E-state index in [0.717, 1.165) is 18.5 Å². The van der Waals surface area contributed by atoms with E-state index in [-0.39, 0.29) is 12.1 Å². The lowest BCUT2D eigenvalue weighted by atomic mass is 10.0. The van der Waals surface area contributed by atoms with Crippen molar-refractivity contribution in [1.29, 1.82) is 0 Å². The summed E-state index contributed by atoms with van der Waals surface area (Å²) in [4.78, 5) is 12.8. The highest BCUT2D eigenvalue weighted by molar-refractivity contribution is 6.33. The number of nitrogens with two attached hydrogens (primary N) is 1. The fourth-order valence-electron chi connectivity index (χ4n) is 2.43. The summed E-state index contributed by atoms with van der Waals surface area (Å²) < 4.78 is 10.5. The molecule has 1 fully saturated rings. The number of hydrogen-bond donors (Lipinski definition) is 2. The Morgan fingerprint density at radius 2 is 1.86 bits per heavy atom. The van der Waals surface area contributed by atoms with Crippen molar-refractivity contribution in [3.05, 3.63) is 17.2 Å². The van der Waals surface area contributed by atoms with Gasteiger partial charge < -0.3 is 25.4 Å². The molecular formula is C14H20ClN3O3. The van der Waals surface area contributed by atoms with Crippen molar-refractivity contribution in [2.75, 3.05) is 32.6 Å². The predicted molar refractivity (Wildman–Crippen MR) is 82.4 cm³/mol. The van der Waals surface area contributed by atoms with Crippen LogP contribution in [0.25, 0.3) is 0 Å². The van der Waals surface area contributed by atoms with Crippen LogP contribution in [-0.4, -0.2) is 44.3 Å². The van der Waals surface area contributed by atoms with Crippen LogP contribution in [0.4, 0.5) is 10.5 Å². The van der Waals surface area contributed by atoms with Crippen LogP contribution in [0.1, 0.15) is 12.8 Å². The van der Waals surface area contributed by atoms with Crippen molar-refractivity contribution in [2.24, 2.45) is 5.73 Å². The Bertz CT molecular complexity index is 516. The Morgan fingerprint density at radius 3 is 2.38 bits per heavy atom. The fraction of sp³-hybridized carbons (Fsp3) is 0.500. The number of carbonyl (C=O) groups excluding carboxylic acids is 1. The maximum absolute atomic E-state index is 11.1. The van der Waals surface area contributed by atoms with E-state index in [9.17, 15) is 4.79 Å². The lowest BCUT2D eigenvalue weighted by molar-refractivity contribution is 0.193. The van der Waals surface area contributed by atoms with Gasteiger partial charge in [-0.15, -0.1) is 0 Å². The monoisotopic (exact) mass is 313 g/mol. The molecule has 116 valence electrons. The summed E-state index contributed by atoms with van der Waals surface area (Å²) in [7, 11) is 3.15. The van der Waals surface area contributed by atoms with E-state index in [2.05, 4.69) is 5.32 Å². The molecule has 0 radical (unpaired) electrons. The minimum Gasteiger partial charge on any atom is -0.493 e. The summed E-state index contributed by atoms with van der Waals surface area (Å²) in [5.41, 5.74) is 6.07. The van der Waals surface area contributed by atoms with Crippen LogP contribution in [0.15, 0.2) is 12.1 Å². The SMILES string of the molecule is COc1cc(Cl)c(NC2CCN(C(N)=O)CC2)cc1OC. The van der Waals surface area contributed by atoms with Crippen LogP contribution in [0.5, 0.6) is 11.5 Å². The van der Waals surface area contributed by atoms with Gasteiger partial charge in [0.05, 0.1) is 24.9 Å². The highest BCUT2D eigenvalue weighted by Crippen LogP contribution is 2.36. The lowest BCUT2D eigenvalue weighted by Crippen LogP contribution is -2.44. The molecule has 0 bridgehead atoms. The average molecular weight is 314 g/mol. The van der Waals surface area contributed by atoms with Crippen LogP contribution in [0.3, 0.4) is 0 Å². The quantitative estimate of drug-likeness (QED) is 0.894. The Hall–Kier alpha value is -1.82. The molecule has 0 atom stereocenters. The lowest BCUT2D eigenvalue weighted by Gasteiger charge is -2.32. The number of urea groups is 1. The molecule has 1 aromatic rings. The second-order valence-corrected chi connectivity index (χ2v) is 5.34. The molecule has 1 aliphatic rings. The van der Waals surface area contributed by atoms with Crippen molar-refractivity contribution in [3.63, 3.8) is 0 Å². The van der Waals surface area contributed by atoms with Gasteiger partial charge in [0, 0.05) is 31.3 Å². The first-order valence-corrected chi connectivity index (χ1v) is 7.15. The molecule has 7 heteroatoms. The second-order valence-electron chi connectivity index (χ2n) is 4.93. The average Bonchev–Trinajstić information content (AvgIpc) is 2.49. The van der Waals surface area contributed by atoms with Crippen molar-refractivity contribution < 1.29 is 14.3 Å². The number of ether oxygens (including phenoxy) is 2. The first-order valence-electron chi connectivity index (χ1n) is 6.77. The molecule has 1 aliphatic heterocycles. The van der Waals surface area contributed by atoms with Gasteiger partial charge in [0.1, 0.15) is 0 Å². The van der Waals surface area contributed by atoms with Crippen LogP contribution in [0.2, 0.25) is 5.02 Å². The molecule has 6 nitrogen and oxygen atoms in total. The molecule has 21 heavy (non-hydrogen) atoms. The molecule has 0 aliphatic carbocycles. The number of anilines is 1. The van der Waals surface area contributed by atoms with Crippen molar-refractivity contribution in [3.8, 4) is 11.5 Å². The minimum atomic E-state index is -0.363. The first-order chi connectivity index (χ1) is 10.0. The molecule has 0 saturated carbocycles. The Morgan fingerprint density at radius 1 is 1.29 bits per heavy atom. The van der Waals surface area contributed by atoms with Gasteiger partial charge in [0.15, 0.2) is 11.5 Å². The normalized spacial score (nSPS) is 15.7. The zero-order valence-corrected chi connectivity index (χ0v) is 12.9. The molecule has 2 rings (SSSR count). The van der Waals surface area contributed by atoms with E-state index >= 15 is 0 Å². The summed E-state index contributed by atoms with van der Waals surface area (Å²) in [5, 5.41) is 3.96. The number of hydrogen-bond acceptors (Lipinski definition) is 4. The topological polar surface area (TPSA) is 76.8 Å². The number of likely N-dealkylation sites (tertiary alicyclic amines) is 1. The molecule has 3 N–H and O–H groups in total. The maximum Gasteiger partial charge on any atom is 0.314 e. The Balaban J connectivity index is 2.05. The molecule has 1 aromatic carbocycles. The summed E-state index contributed by atoms with van der Waals surface area (Å²) in [5.74, 6) is 1.22. The van der Waals surface area contributed by atoms with E-state index < -0.39 is 0 Å². The molecule has 0 unspecified atom stereocenters. The zero-order valence-electron chi connectivity index (χ0n) is 12.2. The van der Waals surface area contributed by atoms with E-state index in [4.69, 9.17) is 26.8 Å². The van der Waals surface area contributed by atoms with Gasteiger partial charge in [-0.05, 0) is 12.8 Å². The maximum atomic E-state index is 11.1. The highest BCUT2D eigenvalue weighted by atomic mass is 35.5. The van der Waals surface area contributed by atoms with E-state index in [1.807, 2.05) is 6.07 Å². The van der Waals surface area contributed by atoms with Gasteiger partial charge in [-0.2, -0.15) is 0 Å². The number of piperidine rings is 1. The number of benzene rings is 1. The van der Waals surface area contributed by atoms with Gasteiger partial charge in [0.2, 0.25) is 0 Å². The number of carbonyl (C=O) groups is 1. The van der Waals surface area contributed by atoms with Crippen LogP contribution in [0, 0.1) is 0 Å². The van der Waals surface area contributed by atoms with Crippen LogP contribution in [-0.2, 0) is 0 Å². The summed E-state index contributed by atoms with van der Waals surface area (Å²) in [6, 6.07) is 3.43. The number of halogens is 1. The molecule has 1 heterocycles. The summed E-state index contributed by atoms with van der Waals surface area (Å²) in [6.07, 6.45) is 1.65. The van der Waals surface area contributed by atoms with Gasteiger partial charge in [0.25, 0.3) is 0 Å². The van der Waals surface area contributed by atoms with Crippen LogP contribution >= 0.6 is 11.6 Å². The van der Waals surface area contributed by atoms with Gasteiger partial charge in [-0.1, -0.05) is 11.6 Å². The third-order valence-electron chi connectivity index (χ3n) is 3.64. The van der Waals surface area contributed by atoms with Crippen LogP contribution < -0.4 is 20.5 Å². The third kappa shape index (κ3) is 3.64.